The van der Waals surface area contributed by atoms with Gasteiger partial charge in [-0.25, -0.2) is 0 Å². The van der Waals surface area contributed by atoms with Crippen molar-refractivity contribution in [2.45, 2.75) is 101 Å². The lowest BCUT2D eigenvalue weighted by molar-refractivity contribution is 0.0714. The molecule has 7 rings (SSSR count). The van der Waals surface area contributed by atoms with E-state index in [4.69, 9.17) is 4.99 Å². The van der Waals surface area contributed by atoms with Gasteiger partial charge in [0.05, 0.1) is 5.54 Å². The fourth-order valence-electron chi connectivity index (χ4n) is 7.83. The molecule has 7 nitrogen and oxygen atoms in total. The van der Waals surface area contributed by atoms with Gasteiger partial charge in [-0.05, 0) is 63.4 Å². The molecule has 1 aromatic rings. The lowest BCUT2D eigenvalue weighted by Gasteiger charge is -2.45. The second-order valence-corrected chi connectivity index (χ2v) is 12.4. The Hall–Kier alpha value is -1.41. The molecule has 0 bridgehead atoms. The highest BCUT2D eigenvalue weighted by Gasteiger charge is 2.40. The largest absolute Gasteiger partial charge is 0.337 e. The maximum atomic E-state index is 4.89. The second-order valence-electron chi connectivity index (χ2n) is 12.4. The van der Waals surface area contributed by atoms with Gasteiger partial charge in [-0.15, -0.1) is 0 Å². The standard InChI is InChI=1S/C28H45N7/c1-2-10-28(11-3-1)20-29-18-25-16-22-17-30-27(32-26(22)35(25)28)31-23-6-8-24(9-7-23)34-14-12-33(13-15-34)19-21-4-5-21/h16-17,21,23-24,27,29,31-32H,1-15,18-20H2. The Morgan fingerprint density at radius 3 is 2.54 bits per heavy atom. The number of nitrogens with one attached hydrogen (secondary N) is 3. The smallest absolute Gasteiger partial charge is 0.175 e. The van der Waals surface area contributed by atoms with Gasteiger partial charge in [0.2, 0.25) is 0 Å². The summed E-state index contributed by atoms with van der Waals surface area (Å²) < 4.78 is 2.68. The molecule has 4 heterocycles. The third-order valence-electron chi connectivity index (χ3n) is 9.99. The van der Waals surface area contributed by atoms with E-state index < -0.39 is 0 Å². The van der Waals surface area contributed by atoms with Crippen LogP contribution < -0.4 is 16.0 Å². The zero-order valence-corrected chi connectivity index (χ0v) is 21.5. The average molecular weight is 480 g/mol. The summed E-state index contributed by atoms with van der Waals surface area (Å²) in [5.41, 5.74) is 2.96. The predicted molar refractivity (Wildman–Crippen MR) is 142 cm³/mol. The van der Waals surface area contributed by atoms with Crippen molar-refractivity contribution >= 4 is 12.0 Å². The summed E-state index contributed by atoms with van der Waals surface area (Å²) >= 11 is 0. The van der Waals surface area contributed by atoms with Gasteiger partial charge in [0.15, 0.2) is 6.29 Å². The first-order valence-electron chi connectivity index (χ1n) is 14.7. The Morgan fingerprint density at radius 1 is 0.971 bits per heavy atom. The number of nitrogens with zero attached hydrogens (tertiary/aromatic N) is 4. The molecule has 0 amide bonds. The molecule has 3 N–H and O–H groups in total. The lowest BCUT2D eigenvalue weighted by Crippen LogP contribution is -2.53. The molecule has 1 atom stereocenters. The summed E-state index contributed by atoms with van der Waals surface area (Å²) in [5, 5.41) is 11.4. The van der Waals surface area contributed by atoms with Crippen LogP contribution in [0.3, 0.4) is 0 Å². The average Bonchev–Trinajstić information content (AvgIpc) is 3.63. The van der Waals surface area contributed by atoms with Crippen molar-refractivity contribution in [2.75, 3.05) is 44.6 Å². The molecule has 0 radical (unpaired) electrons. The van der Waals surface area contributed by atoms with E-state index in [0.29, 0.717) is 6.04 Å². The zero-order chi connectivity index (χ0) is 23.2. The van der Waals surface area contributed by atoms with E-state index in [1.807, 2.05) is 0 Å². The maximum Gasteiger partial charge on any atom is 0.175 e. The van der Waals surface area contributed by atoms with Crippen LogP contribution in [0.15, 0.2) is 11.1 Å². The number of aliphatic imine (C=N–C) groups is 1. The topological polar surface area (TPSA) is 59.9 Å². The molecule has 1 spiro atoms. The number of fused-ring (bicyclic) bond motifs is 4. The first-order chi connectivity index (χ1) is 17.3. The molecule has 7 heteroatoms. The van der Waals surface area contributed by atoms with Crippen LogP contribution in [0.25, 0.3) is 0 Å². The lowest BCUT2D eigenvalue weighted by atomic mass is 9.80. The molecule has 6 aliphatic rings. The van der Waals surface area contributed by atoms with Crippen molar-refractivity contribution in [1.29, 1.82) is 0 Å². The number of hydrogen-bond acceptors (Lipinski definition) is 6. The fraction of sp³-hybridized carbons (Fsp3) is 0.821. The summed E-state index contributed by atoms with van der Waals surface area (Å²) in [5.74, 6) is 2.34. The molecule has 0 aromatic carbocycles. The molecule has 1 saturated heterocycles. The molecule has 1 unspecified atom stereocenters. The van der Waals surface area contributed by atoms with Crippen molar-refractivity contribution in [2.24, 2.45) is 10.9 Å². The number of hydrogen-bond donors (Lipinski definition) is 3. The molecular weight excluding hydrogens is 434 g/mol. The van der Waals surface area contributed by atoms with Crippen LogP contribution in [-0.2, 0) is 12.1 Å². The van der Waals surface area contributed by atoms with Crippen molar-refractivity contribution in [3.8, 4) is 0 Å². The molecule has 1 aromatic heterocycles. The van der Waals surface area contributed by atoms with E-state index in [-0.39, 0.29) is 11.8 Å². The van der Waals surface area contributed by atoms with Gasteiger partial charge in [-0.3, -0.25) is 15.2 Å². The molecule has 3 aliphatic heterocycles. The van der Waals surface area contributed by atoms with Crippen molar-refractivity contribution in [3.63, 3.8) is 0 Å². The van der Waals surface area contributed by atoms with Crippen LogP contribution in [0.2, 0.25) is 0 Å². The summed E-state index contributed by atoms with van der Waals surface area (Å²) in [6.45, 7) is 8.58. The number of rotatable bonds is 5. The first kappa shape index (κ1) is 22.8. The van der Waals surface area contributed by atoms with E-state index >= 15 is 0 Å². The summed E-state index contributed by atoms with van der Waals surface area (Å²) in [4.78, 5) is 10.4. The van der Waals surface area contributed by atoms with Gasteiger partial charge in [0.25, 0.3) is 0 Å². The van der Waals surface area contributed by atoms with Crippen molar-refractivity contribution in [3.05, 3.63) is 17.3 Å². The van der Waals surface area contributed by atoms with Gasteiger partial charge >= 0.3 is 0 Å². The van der Waals surface area contributed by atoms with E-state index in [0.717, 1.165) is 25.0 Å². The highest BCUT2D eigenvalue weighted by atomic mass is 15.3. The molecule has 192 valence electrons. The highest BCUT2D eigenvalue weighted by Crippen LogP contribution is 2.42. The Bertz CT molecular complexity index is 912. The Balaban J connectivity index is 0.943. The zero-order valence-electron chi connectivity index (χ0n) is 21.5. The summed E-state index contributed by atoms with van der Waals surface area (Å²) in [7, 11) is 0. The van der Waals surface area contributed by atoms with Crippen LogP contribution in [0.1, 0.15) is 81.9 Å². The SMILES string of the molecule is C1=NC(NC2CCC(N3CCN(CC4CC4)CC3)CC2)Nc2c1cc1n2C2(CCCCC2)CNC1. The van der Waals surface area contributed by atoms with E-state index in [1.165, 1.54) is 120 Å². The Morgan fingerprint density at radius 2 is 1.77 bits per heavy atom. The molecule has 4 fully saturated rings. The number of anilines is 1. The third-order valence-corrected chi connectivity index (χ3v) is 9.99. The van der Waals surface area contributed by atoms with Crippen LogP contribution in [0.5, 0.6) is 0 Å². The van der Waals surface area contributed by atoms with E-state index in [9.17, 15) is 0 Å². The molecule has 3 saturated carbocycles. The predicted octanol–water partition coefficient (Wildman–Crippen LogP) is 3.31. The quantitative estimate of drug-likeness (QED) is 0.605. The second kappa shape index (κ2) is 9.47. The minimum absolute atomic E-state index is 0.00421. The minimum Gasteiger partial charge on any atom is -0.337 e. The monoisotopic (exact) mass is 479 g/mol. The van der Waals surface area contributed by atoms with Crippen LogP contribution >= 0.6 is 0 Å². The molecular formula is C28H45N7. The van der Waals surface area contributed by atoms with Crippen molar-refractivity contribution in [1.82, 2.24) is 25.0 Å². The van der Waals surface area contributed by atoms with Gasteiger partial charge in [0, 0.05) is 75.4 Å². The number of piperazine rings is 1. The van der Waals surface area contributed by atoms with Gasteiger partial charge < -0.3 is 20.1 Å². The maximum absolute atomic E-state index is 4.89. The highest BCUT2D eigenvalue weighted by molar-refractivity contribution is 5.89. The van der Waals surface area contributed by atoms with Crippen LogP contribution in [0, 0.1) is 5.92 Å². The number of aromatic nitrogens is 1. The summed E-state index contributed by atoms with van der Waals surface area (Å²) in [6.07, 6.45) is 17.0. The first-order valence-corrected chi connectivity index (χ1v) is 14.7. The Kier molecular flexibility index (Phi) is 6.16. The molecule has 35 heavy (non-hydrogen) atoms. The van der Waals surface area contributed by atoms with Crippen LogP contribution in [-0.4, -0.2) is 78.2 Å². The minimum atomic E-state index is 0.00421. The van der Waals surface area contributed by atoms with Crippen molar-refractivity contribution < 1.29 is 0 Å². The summed E-state index contributed by atoms with van der Waals surface area (Å²) in [6, 6.07) is 3.72. The van der Waals surface area contributed by atoms with E-state index in [2.05, 4.69) is 42.6 Å². The Labute approximate surface area is 211 Å². The van der Waals surface area contributed by atoms with Gasteiger partial charge in [0.1, 0.15) is 5.82 Å². The van der Waals surface area contributed by atoms with Gasteiger partial charge in [-0.1, -0.05) is 19.3 Å². The third kappa shape index (κ3) is 4.58. The normalized spacial score (nSPS) is 33.3. The van der Waals surface area contributed by atoms with Gasteiger partial charge in [-0.2, -0.15) is 0 Å². The van der Waals surface area contributed by atoms with Crippen LogP contribution in [0.4, 0.5) is 5.82 Å². The fourth-order valence-corrected chi connectivity index (χ4v) is 7.83. The van der Waals surface area contributed by atoms with E-state index in [1.54, 1.807) is 0 Å². The molecule has 3 aliphatic carbocycles.